The molecule has 1 heterocycles. The van der Waals surface area contributed by atoms with Gasteiger partial charge in [-0.05, 0) is 53.6 Å². The molecule has 204 valence electrons. The van der Waals surface area contributed by atoms with E-state index in [4.69, 9.17) is 21.1 Å². The molecule has 0 spiro atoms. The number of alkyl halides is 3. The summed E-state index contributed by atoms with van der Waals surface area (Å²) < 4.78 is 78.2. The molecule has 1 aliphatic heterocycles. The first-order valence-electron chi connectivity index (χ1n) is 12.0. The average molecular weight is 569 g/mol. The highest BCUT2D eigenvalue weighted by atomic mass is 35.5. The first-order chi connectivity index (χ1) is 18.1. The maximum Gasteiger partial charge on any atom is 0.416 e. The van der Waals surface area contributed by atoms with E-state index >= 15 is 0 Å². The zero-order chi connectivity index (χ0) is 27.3. The van der Waals surface area contributed by atoms with Gasteiger partial charge < -0.3 is 9.47 Å². The van der Waals surface area contributed by atoms with E-state index in [1.54, 1.807) is 19.2 Å². The van der Waals surface area contributed by atoms with Crippen molar-refractivity contribution >= 4 is 21.6 Å². The second-order valence-electron chi connectivity index (χ2n) is 8.93. The molecule has 0 amide bonds. The number of rotatable bonds is 9. The van der Waals surface area contributed by atoms with Crippen LogP contribution in [0.5, 0.6) is 5.75 Å². The van der Waals surface area contributed by atoms with E-state index in [9.17, 15) is 21.6 Å². The van der Waals surface area contributed by atoms with Crippen molar-refractivity contribution in [1.29, 1.82) is 0 Å². The van der Waals surface area contributed by atoms with Gasteiger partial charge in [-0.3, -0.25) is 4.90 Å². The SMILES string of the molecule is COc1cccc(CO[C@H](CN2CCN(S(=O)(=O)c3cccc(C(F)(F)F)c3)CC2)c2ccc(Cl)cc2)c1. The van der Waals surface area contributed by atoms with Crippen molar-refractivity contribution in [3.8, 4) is 5.75 Å². The van der Waals surface area contributed by atoms with Crippen molar-refractivity contribution in [3.63, 3.8) is 0 Å². The smallest absolute Gasteiger partial charge is 0.416 e. The van der Waals surface area contributed by atoms with Crippen LogP contribution < -0.4 is 4.74 Å². The number of nitrogens with zero attached hydrogens (tertiary/aromatic N) is 2. The molecule has 38 heavy (non-hydrogen) atoms. The molecule has 4 rings (SSSR count). The number of sulfonamides is 1. The van der Waals surface area contributed by atoms with Gasteiger partial charge in [0.2, 0.25) is 10.0 Å². The number of benzene rings is 3. The van der Waals surface area contributed by atoms with Crippen molar-refractivity contribution in [2.24, 2.45) is 0 Å². The van der Waals surface area contributed by atoms with Gasteiger partial charge in [0.1, 0.15) is 5.75 Å². The highest BCUT2D eigenvalue weighted by molar-refractivity contribution is 7.89. The molecule has 1 aliphatic rings. The van der Waals surface area contributed by atoms with Crippen LogP contribution in [0.2, 0.25) is 5.02 Å². The zero-order valence-corrected chi connectivity index (χ0v) is 22.3. The van der Waals surface area contributed by atoms with Crippen LogP contribution in [0.4, 0.5) is 13.2 Å². The lowest BCUT2D eigenvalue weighted by Gasteiger charge is -2.36. The predicted octanol–water partition coefficient (Wildman–Crippen LogP) is 5.63. The van der Waals surface area contributed by atoms with Gasteiger partial charge in [0, 0.05) is 37.7 Å². The minimum absolute atomic E-state index is 0.155. The van der Waals surface area contributed by atoms with Crippen LogP contribution in [-0.4, -0.2) is 57.5 Å². The Morgan fingerprint density at radius 3 is 2.29 bits per heavy atom. The largest absolute Gasteiger partial charge is 0.497 e. The Labute approximate surface area is 225 Å². The van der Waals surface area contributed by atoms with E-state index in [0.717, 1.165) is 29.0 Å². The van der Waals surface area contributed by atoms with Crippen molar-refractivity contribution in [1.82, 2.24) is 9.21 Å². The number of ether oxygens (including phenoxy) is 2. The molecule has 1 atom stereocenters. The lowest BCUT2D eigenvalue weighted by atomic mass is 10.1. The molecule has 0 aromatic heterocycles. The molecule has 0 bridgehead atoms. The number of halogens is 4. The van der Waals surface area contributed by atoms with Crippen molar-refractivity contribution in [2.45, 2.75) is 23.8 Å². The molecule has 0 saturated carbocycles. The van der Waals surface area contributed by atoms with Gasteiger partial charge in [0.25, 0.3) is 0 Å². The van der Waals surface area contributed by atoms with Crippen LogP contribution in [0.25, 0.3) is 0 Å². The lowest BCUT2D eigenvalue weighted by molar-refractivity contribution is -0.137. The van der Waals surface area contributed by atoms with E-state index in [1.807, 2.05) is 36.4 Å². The molecule has 6 nitrogen and oxygen atoms in total. The Morgan fingerprint density at radius 1 is 0.947 bits per heavy atom. The predicted molar refractivity (Wildman–Crippen MR) is 139 cm³/mol. The lowest BCUT2D eigenvalue weighted by Crippen LogP contribution is -2.49. The fourth-order valence-corrected chi connectivity index (χ4v) is 5.85. The third-order valence-corrected chi connectivity index (χ3v) is 8.53. The summed E-state index contributed by atoms with van der Waals surface area (Å²) in [5, 5.41) is 0.605. The molecule has 1 saturated heterocycles. The maximum atomic E-state index is 13.1. The molecule has 3 aromatic carbocycles. The van der Waals surface area contributed by atoms with E-state index in [2.05, 4.69) is 4.90 Å². The third-order valence-electron chi connectivity index (χ3n) is 6.38. The quantitative estimate of drug-likeness (QED) is 0.335. The average Bonchev–Trinajstić information content (AvgIpc) is 2.91. The summed E-state index contributed by atoms with van der Waals surface area (Å²) in [6, 6.07) is 18.8. The minimum Gasteiger partial charge on any atom is -0.497 e. The Morgan fingerprint density at radius 2 is 1.63 bits per heavy atom. The Hall–Kier alpha value is -2.63. The molecule has 3 aromatic rings. The molecule has 0 radical (unpaired) electrons. The van der Waals surface area contributed by atoms with Crippen LogP contribution in [0.15, 0.2) is 77.7 Å². The Bertz CT molecular complexity index is 1330. The highest BCUT2D eigenvalue weighted by Gasteiger charge is 2.34. The van der Waals surface area contributed by atoms with Crippen LogP contribution in [0.3, 0.4) is 0 Å². The number of methoxy groups -OCH3 is 1. The summed E-state index contributed by atoms with van der Waals surface area (Å²) in [5.74, 6) is 0.729. The number of hydrogen-bond acceptors (Lipinski definition) is 5. The maximum absolute atomic E-state index is 13.1. The van der Waals surface area contributed by atoms with Crippen molar-refractivity contribution in [2.75, 3.05) is 39.8 Å². The van der Waals surface area contributed by atoms with Gasteiger partial charge in [-0.15, -0.1) is 0 Å². The van der Waals surface area contributed by atoms with E-state index < -0.39 is 21.8 Å². The van der Waals surface area contributed by atoms with Gasteiger partial charge in [-0.1, -0.05) is 41.9 Å². The first kappa shape index (κ1) is 28.4. The molecular formula is C27H28ClF3N2O4S. The molecular weight excluding hydrogens is 541 g/mol. The van der Waals surface area contributed by atoms with E-state index in [0.29, 0.717) is 37.3 Å². The summed E-state index contributed by atoms with van der Waals surface area (Å²) in [4.78, 5) is 1.73. The minimum atomic E-state index is -4.62. The summed E-state index contributed by atoms with van der Waals surface area (Å²) >= 11 is 6.07. The van der Waals surface area contributed by atoms with Gasteiger partial charge in [0.15, 0.2) is 0 Å². The summed E-state index contributed by atoms with van der Waals surface area (Å²) in [6.45, 7) is 1.97. The van der Waals surface area contributed by atoms with Gasteiger partial charge in [-0.2, -0.15) is 17.5 Å². The topological polar surface area (TPSA) is 59.1 Å². The van der Waals surface area contributed by atoms with Crippen LogP contribution in [-0.2, 0) is 27.5 Å². The normalized spacial score (nSPS) is 16.3. The van der Waals surface area contributed by atoms with Crippen LogP contribution in [0.1, 0.15) is 22.8 Å². The Kier molecular flexibility index (Phi) is 9.00. The van der Waals surface area contributed by atoms with Gasteiger partial charge in [-0.25, -0.2) is 8.42 Å². The molecule has 0 N–H and O–H groups in total. The second kappa shape index (κ2) is 12.0. The van der Waals surface area contributed by atoms with E-state index in [-0.39, 0.29) is 24.1 Å². The standard InChI is InChI=1S/C27H28ClF3N2O4S/c1-36-24-6-2-4-20(16-24)19-37-26(21-8-10-23(28)11-9-21)18-32-12-14-33(15-13-32)38(34,35)25-7-3-5-22(17-25)27(29,30)31/h2-11,16-17,26H,12-15,18-19H2,1H3/t26-/m1/s1. The third kappa shape index (κ3) is 7.06. The highest BCUT2D eigenvalue weighted by Crippen LogP contribution is 2.31. The fraction of sp³-hybridized carbons (Fsp3) is 0.333. The summed E-state index contributed by atoms with van der Waals surface area (Å²) in [7, 11) is -2.46. The van der Waals surface area contributed by atoms with Crippen LogP contribution >= 0.6 is 11.6 Å². The second-order valence-corrected chi connectivity index (χ2v) is 11.3. The van der Waals surface area contributed by atoms with E-state index in [1.165, 1.54) is 10.4 Å². The monoisotopic (exact) mass is 568 g/mol. The van der Waals surface area contributed by atoms with Gasteiger partial charge in [0.05, 0.1) is 30.3 Å². The number of hydrogen-bond donors (Lipinski definition) is 0. The number of piperazine rings is 1. The van der Waals surface area contributed by atoms with Gasteiger partial charge >= 0.3 is 6.18 Å². The van der Waals surface area contributed by atoms with Crippen LogP contribution in [0, 0.1) is 0 Å². The first-order valence-corrected chi connectivity index (χ1v) is 13.8. The molecule has 0 aliphatic carbocycles. The molecule has 11 heteroatoms. The summed E-state index contributed by atoms with van der Waals surface area (Å²) in [5.41, 5.74) is 0.882. The zero-order valence-electron chi connectivity index (χ0n) is 20.7. The summed E-state index contributed by atoms with van der Waals surface area (Å²) in [6.07, 6.45) is -4.93. The van der Waals surface area contributed by atoms with Crippen molar-refractivity contribution in [3.05, 3.63) is 94.5 Å². The fourth-order valence-electron chi connectivity index (χ4n) is 4.26. The Balaban J connectivity index is 1.43. The van der Waals surface area contributed by atoms with Crippen molar-refractivity contribution < 1.29 is 31.1 Å². The molecule has 0 unspecified atom stereocenters. The molecule has 1 fully saturated rings.